The van der Waals surface area contributed by atoms with Gasteiger partial charge in [0.15, 0.2) is 0 Å². The van der Waals surface area contributed by atoms with E-state index in [2.05, 4.69) is 5.10 Å². The van der Waals surface area contributed by atoms with Crippen LogP contribution in [-0.4, -0.2) is 27.1 Å². The number of aryl methyl sites for hydroxylation is 1. The van der Waals surface area contributed by atoms with Gasteiger partial charge in [-0.25, -0.2) is 0 Å². The fraction of sp³-hybridized carbons (Fsp3) is 0.769. The van der Waals surface area contributed by atoms with Crippen LogP contribution in [0.15, 0.2) is 6.20 Å². The summed E-state index contributed by atoms with van der Waals surface area (Å²) in [5.74, 6) is 0. The van der Waals surface area contributed by atoms with Gasteiger partial charge in [-0.1, -0.05) is 24.4 Å². The number of aromatic nitrogens is 2. The quantitative estimate of drug-likeness (QED) is 0.896. The minimum absolute atomic E-state index is 0.481. The summed E-state index contributed by atoms with van der Waals surface area (Å²) in [4.78, 5) is 0. The molecule has 0 amide bonds. The molecule has 4 nitrogen and oxygen atoms in total. The standard InChI is InChI=1S/C13H21ClN2O2/c1-3-16-11(10(14)9-15-16)12(17)13(18-4-2)7-5-6-8-13/h9,12,17H,3-8H2,1-2H3. The van der Waals surface area contributed by atoms with Crippen molar-refractivity contribution in [1.29, 1.82) is 0 Å². The molecule has 1 aromatic heterocycles. The molecule has 1 aromatic rings. The molecule has 1 saturated carbocycles. The van der Waals surface area contributed by atoms with Crippen molar-refractivity contribution in [2.45, 2.75) is 57.8 Å². The van der Waals surface area contributed by atoms with Gasteiger partial charge in [-0.2, -0.15) is 5.10 Å². The Balaban J connectivity index is 2.33. The summed E-state index contributed by atoms with van der Waals surface area (Å²) in [6.45, 7) is 5.25. The Morgan fingerprint density at radius 1 is 1.50 bits per heavy atom. The maximum atomic E-state index is 10.7. The van der Waals surface area contributed by atoms with Crippen LogP contribution in [-0.2, 0) is 11.3 Å². The molecular formula is C13H21ClN2O2. The lowest BCUT2D eigenvalue weighted by Crippen LogP contribution is -2.38. The zero-order valence-electron chi connectivity index (χ0n) is 11.0. The second-order valence-electron chi connectivity index (χ2n) is 4.80. The Morgan fingerprint density at radius 3 is 2.72 bits per heavy atom. The molecular weight excluding hydrogens is 252 g/mol. The predicted molar refractivity (Wildman–Crippen MR) is 70.7 cm³/mol. The summed E-state index contributed by atoms with van der Waals surface area (Å²) in [7, 11) is 0. The van der Waals surface area contributed by atoms with E-state index in [1.807, 2.05) is 13.8 Å². The van der Waals surface area contributed by atoms with E-state index in [-0.39, 0.29) is 0 Å². The molecule has 1 aliphatic carbocycles. The van der Waals surface area contributed by atoms with Gasteiger partial charge in [0.05, 0.1) is 22.5 Å². The van der Waals surface area contributed by atoms with Crippen LogP contribution < -0.4 is 0 Å². The molecule has 1 heterocycles. The first-order chi connectivity index (χ1) is 8.64. The first-order valence-electron chi connectivity index (χ1n) is 6.68. The maximum Gasteiger partial charge on any atom is 0.126 e. The molecule has 0 bridgehead atoms. The molecule has 1 fully saturated rings. The molecule has 0 spiro atoms. The van der Waals surface area contributed by atoms with Crippen LogP contribution in [0.25, 0.3) is 0 Å². The average molecular weight is 273 g/mol. The first kappa shape index (κ1) is 13.8. The summed E-state index contributed by atoms with van der Waals surface area (Å²) in [5, 5.41) is 15.4. The van der Waals surface area contributed by atoms with Crippen molar-refractivity contribution >= 4 is 11.6 Å². The highest BCUT2D eigenvalue weighted by atomic mass is 35.5. The van der Waals surface area contributed by atoms with E-state index in [0.717, 1.165) is 25.7 Å². The molecule has 1 N–H and O–H groups in total. The first-order valence-corrected chi connectivity index (χ1v) is 7.05. The van der Waals surface area contributed by atoms with Gasteiger partial charge in [0.2, 0.25) is 0 Å². The molecule has 102 valence electrons. The normalized spacial score (nSPS) is 20.2. The SMILES string of the molecule is CCOC1(C(O)c2c(Cl)cnn2CC)CCCC1. The Labute approximate surface area is 113 Å². The van der Waals surface area contributed by atoms with Gasteiger partial charge in [0.25, 0.3) is 0 Å². The lowest BCUT2D eigenvalue weighted by Gasteiger charge is -2.34. The molecule has 18 heavy (non-hydrogen) atoms. The van der Waals surface area contributed by atoms with Crippen LogP contribution in [0.2, 0.25) is 5.02 Å². The highest BCUT2D eigenvalue weighted by Crippen LogP contribution is 2.44. The fourth-order valence-electron chi connectivity index (χ4n) is 2.90. The molecule has 1 unspecified atom stereocenters. The van der Waals surface area contributed by atoms with Crippen molar-refractivity contribution in [2.24, 2.45) is 0 Å². The summed E-state index contributed by atoms with van der Waals surface area (Å²) in [5.41, 5.74) is 0.209. The van der Waals surface area contributed by atoms with Gasteiger partial charge in [-0.05, 0) is 26.7 Å². The predicted octanol–water partition coefficient (Wildman–Crippen LogP) is 2.94. The third-order valence-electron chi connectivity index (χ3n) is 3.77. The van der Waals surface area contributed by atoms with Gasteiger partial charge in [0.1, 0.15) is 6.10 Å². The van der Waals surface area contributed by atoms with Gasteiger partial charge in [0, 0.05) is 13.2 Å². The third kappa shape index (κ3) is 2.29. The van der Waals surface area contributed by atoms with Crippen molar-refractivity contribution < 1.29 is 9.84 Å². The molecule has 5 heteroatoms. The van der Waals surface area contributed by atoms with Gasteiger partial charge < -0.3 is 9.84 Å². The lowest BCUT2D eigenvalue weighted by molar-refractivity contribution is -0.121. The largest absolute Gasteiger partial charge is 0.384 e. The Bertz CT molecular complexity index is 400. The molecule has 0 saturated heterocycles. The summed E-state index contributed by atoms with van der Waals surface area (Å²) in [6, 6.07) is 0. The molecule has 1 atom stereocenters. The minimum atomic E-state index is -0.699. The highest BCUT2D eigenvalue weighted by Gasteiger charge is 2.44. The Morgan fingerprint density at radius 2 is 2.17 bits per heavy atom. The van der Waals surface area contributed by atoms with Gasteiger partial charge in [-0.3, -0.25) is 4.68 Å². The topological polar surface area (TPSA) is 47.3 Å². The monoisotopic (exact) mass is 272 g/mol. The summed E-state index contributed by atoms with van der Waals surface area (Å²) < 4.78 is 7.64. The highest BCUT2D eigenvalue weighted by molar-refractivity contribution is 6.31. The number of halogens is 1. The number of rotatable bonds is 5. The number of hydrogen-bond acceptors (Lipinski definition) is 3. The van der Waals surface area contributed by atoms with Crippen LogP contribution in [0.1, 0.15) is 51.3 Å². The van der Waals surface area contributed by atoms with Crippen LogP contribution >= 0.6 is 11.6 Å². The molecule has 0 aliphatic heterocycles. The van der Waals surface area contributed by atoms with Crippen molar-refractivity contribution in [3.05, 3.63) is 16.9 Å². The van der Waals surface area contributed by atoms with Crippen molar-refractivity contribution in [3.8, 4) is 0 Å². The van der Waals surface area contributed by atoms with Crippen LogP contribution in [0.3, 0.4) is 0 Å². The zero-order valence-corrected chi connectivity index (χ0v) is 11.8. The number of aliphatic hydroxyl groups is 1. The van der Waals surface area contributed by atoms with E-state index >= 15 is 0 Å². The second kappa shape index (κ2) is 5.59. The summed E-state index contributed by atoms with van der Waals surface area (Å²) in [6.07, 6.45) is 4.85. The van der Waals surface area contributed by atoms with E-state index in [9.17, 15) is 5.11 Å². The minimum Gasteiger partial charge on any atom is -0.384 e. The average Bonchev–Trinajstić information content (AvgIpc) is 2.96. The Hall–Kier alpha value is -0.580. The zero-order chi connectivity index (χ0) is 13.2. The molecule has 0 radical (unpaired) electrons. The van der Waals surface area contributed by atoms with Gasteiger partial charge in [-0.15, -0.1) is 0 Å². The van der Waals surface area contributed by atoms with E-state index in [4.69, 9.17) is 16.3 Å². The molecule has 1 aliphatic rings. The van der Waals surface area contributed by atoms with E-state index in [1.54, 1.807) is 10.9 Å². The fourth-order valence-corrected chi connectivity index (χ4v) is 3.15. The number of aliphatic hydroxyl groups excluding tert-OH is 1. The van der Waals surface area contributed by atoms with Gasteiger partial charge >= 0.3 is 0 Å². The lowest BCUT2D eigenvalue weighted by atomic mass is 9.92. The number of ether oxygens (including phenoxy) is 1. The van der Waals surface area contributed by atoms with Crippen LogP contribution in [0, 0.1) is 0 Å². The van der Waals surface area contributed by atoms with E-state index in [0.29, 0.717) is 23.9 Å². The van der Waals surface area contributed by atoms with Crippen LogP contribution in [0.4, 0.5) is 0 Å². The molecule has 2 rings (SSSR count). The van der Waals surface area contributed by atoms with Crippen LogP contribution in [0.5, 0.6) is 0 Å². The smallest absolute Gasteiger partial charge is 0.126 e. The number of hydrogen-bond donors (Lipinski definition) is 1. The Kier molecular flexibility index (Phi) is 4.30. The molecule has 0 aromatic carbocycles. The van der Waals surface area contributed by atoms with Crippen molar-refractivity contribution in [2.75, 3.05) is 6.61 Å². The van der Waals surface area contributed by atoms with Crippen molar-refractivity contribution in [1.82, 2.24) is 9.78 Å². The maximum absolute atomic E-state index is 10.7. The second-order valence-corrected chi connectivity index (χ2v) is 5.21. The number of nitrogens with zero attached hydrogens (tertiary/aromatic N) is 2. The third-order valence-corrected chi connectivity index (χ3v) is 4.06. The van der Waals surface area contributed by atoms with Crippen molar-refractivity contribution in [3.63, 3.8) is 0 Å². The van der Waals surface area contributed by atoms with E-state index < -0.39 is 11.7 Å². The van der Waals surface area contributed by atoms with E-state index in [1.165, 1.54) is 0 Å². The summed E-state index contributed by atoms with van der Waals surface area (Å²) >= 11 is 6.16.